The number of alkyl halides is 3. The minimum absolute atomic E-state index is 0.0171. The smallest absolute Gasteiger partial charge is 0.326 e. The first kappa shape index (κ1) is 19.2. The molecule has 1 aliphatic heterocycles. The van der Waals surface area contributed by atoms with E-state index in [9.17, 15) is 22.8 Å². The molecule has 2 aromatic rings. The highest BCUT2D eigenvalue weighted by molar-refractivity contribution is 6.31. The van der Waals surface area contributed by atoms with Gasteiger partial charge in [0.15, 0.2) is 0 Å². The summed E-state index contributed by atoms with van der Waals surface area (Å²) in [5.41, 5.74) is 0.659. The Hall–Kier alpha value is -2.54. The molecular weight excluding hydrogens is 381 g/mol. The number of halogens is 4. The summed E-state index contributed by atoms with van der Waals surface area (Å²) < 4.78 is 38.4. The number of carbonyl (C=O) groups excluding carboxylic acids is 2. The Balaban J connectivity index is 1.74. The number of hydrogen-bond donors (Lipinski definition) is 1. The lowest BCUT2D eigenvalue weighted by molar-refractivity contribution is -0.137. The average molecular weight is 397 g/mol. The molecule has 1 unspecified atom stereocenters. The van der Waals surface area contributed by atoms with Crippen molar-refractivity contribution in [3.05, 3.63) is 58.6 Å². The Morgan fingerprint density at radius 2 is 1.96 bits per heavy atom. The lowest BCUT2D eigenvalue weighted by Crippen LogP contribution is -2.28. The molecule has 142 valence electrons. The van der Waals surface area contributed by atoms with Gasteiger partial charge in [0.2, 0.25) is 11.8 Å². The minimum Gasteiger partial charge on any atom is -0.326 e. The van der Waals surface area contributed by atoms with Gasteiger partial charge < -0.3 is 10.2 Å². The van der Waals surface area contributed by atoms with Crippen molar-refractivity contribution in [2.24, 2.45) is 5.92 Å². The highest BCUT2D eigenvalue weighted by Crippen LogP contribution is 2.32. The minimum atomic E-state index is -4.50. The van der Waals surface area contributed by atoms with Crippen LogP contribution in [-0.4, -0.2) is 18.4 Å². The molecule has 0 aromatic heterocycles. The first-order valence-electron chi connectivity index (χ1n) is 8.20. The fourth-order valence-electron chi connectivity index (χ4n) is 3.01. The van der Waals surface area contributed by atoms with E-state index in [0.717, 1.165) is 17.7 Å². The van der Waals surface area contributed by atoms with E-state index in [2.05, 4.69) is 5.32 Å². The van der Waals surface area contributed by atoms with Crippen LogP contribution in [0.2, 0.25) is 5.02 Å². The molecule has 0 radical (unpaired) electrons. The number of rotatable bonds is 3. The molecule has 3 rings (SSSR count). The predicted molar refractivity (Wildman–Crippen MR) is 96.7 cm³/mol. The third-order valence-corrected chi connectivity index (χ3v) is 4.65. The molecule has 2 amide bonds. The van der Waals surface area contributed by atoms with Crippen LogP contribution in [0.1, 0.15) is 17.5 Å². The summed E-state index contributed by atoms with van der Waals surface area (Å²) >= 11 is 5.99. The van der Waals surface area contributed by atoms with Gasteiger partial charge in [0.1, 0.15) is 0 Å². The molecular formula is C19H16ClF3N2O2. The maximum absolute atomic E-state index is 12.8. The number of amides is 2. The van der Waals surface area contributed by atoms with E-state index in [1.54, 1.807) is 18.2 Å². The SMILES string of the molecule is Cc1ccc(Cl)cc1N1CC(C(=O)Nc2cccc(C(F)(F)F)c2)CC1=O. The van der Waals surface area contributed by atoms with E-state index in [1.165, 1.54) is 17.0 Å². The van der Waals surface area contributed by atoms with Gasteiger partial charge in [-0.15, -0.1) is 0 Å². The molecule has 4 nitrogen and oxygen atoms in total. The van der Waals surface area contributed by atoms with Crippen molar-refractivity contribution in [3.63, 3.8) is 0 Å². The number of hydrogen-bond acceptors (Lipinski definition) is 2. The van der Waals surface area contributed by atoms with Crippen LogP contribution in [0.15, 0.2) is 42.5 Å². The van der Waals surface area contributed by atoms with Crippen molar-refractivity contribution in [2.75, 3.05) is 16.8 Å². The number of nitrogens with one attached hydrogen (secondary N) is 1. The maximum Gasteiger partial charge on any atom is 0.416 e. The molecule has 0 spiro atoms. The van der Waals surface area contributed by atoms with Crippen molar-refractivity contribution >= 4 is 34.8 Å². The van der Waals surface area contributed by atoms with E-state index in [1.807, 2.05) is 6.92 Å². The van der Waals surface area contributed by atoms with Crippen molar-refractivity contribution in [1.29, 1.82) is 0 Å². The Kier molecular flexibility index (Phi) is 5.15. The molecule has 0 bridgehead atoms. The number of carbonyl (C=O) groups is 2. The van der Waals surface area contributed by atoms with Crippen molar-refractivity contribution in [3.8, 4) is 0 Å². The van der Waals surface area contributed by atoms with Gasteiger partial charge in [-0.25, -0.2) is 0 Å². The van der Waals surface area contributed by atoms with Crippen LogP contribution in [0.25, 0.3) is 0 Å². The highest BCUT2D eigenvalue weighted by Gasteiger charge is 2.36. The van der Waals surface area contributed by atoms with Crippen LogP contribution < -0.4 is 10.2 Å². The van der Waals surface area contributed by atoms with Crippen LogP contribution in [0.4, 0.5) is 24.5 Å². The second kappa shape index (κ2) is 7.23. The Labute approximate surface area is 158 Å². The Bertz CT molecular complexity index is 899. The lowest BCUT2D eigenvalue weighted by Gasteiger charge is -2.19. The zero-order valence-electron chi connectivity index (χ0n) is 14.3. The number of anilines is 2. The first-order chi connectivity index (χ1) is 12.6. The fourth-order valence-corrected chi connectivity index (χ4v) is 3.17. The van der Waals surface area contributed by atoms with Crippen LogP contribution in [0.5, 0.6) is 0 Å². The zero-order valence-corrected chi connectivity index (χ0v) is 15.1. The standard InChI is InChI=1S/C19H16ClF3N2O2/c1-11-5-6-14(20)9-16(11)25-10-12(7-17(25)26)18(27)24-15-4-2-3-13(8-15)19(21,22)23/h2-6,8-9,12H,7,10H2,1H3,(H,24,27). The number of nitrogens with zero attached hydrogens (tertiary/aromatic N) is 1. The fraction of sp³-hybridized carbons (Fsp3) is 0.263. The highest BCUT2D eigenvalue weighted by atomic mass is 35.5. The number of aryl methyl sites for hydroxylation is 1. The van der Waals surface area contributed by atoms with E-state index in [0.29, 0.717) is 10.7 Å². The van der Waals surface area contributed by atoms with E-state index in [-0.39, 0.29) is 24.6 Å². The summed E-state index contributed by atoms with van der Waals surface area (Å²) in [6, 6.07) is 9.54. The molecule has 8 heteroatoms. The summed E-state index contributed by atoms with van der Waals surface area (Å²) in [5, 5.41) is 2.94. The normalized spacial score (nSPS) is 17.3. The monoisotopic (exact) mass is 396 g/mol. The van der Waals surface area contributed by atoms with Crippen LogP contribution in [-0.2, 0) is 15.8 Å². The first-order valence-corrected chi connectivity index (χ1v) is 8.57. The maximum atomic E-state index is 12.8. The second-order valence-electron chi connectivity index (χ2n) is 6.40. The summed E-state index contributed by atoms with van der Waals surface area (Å²) in [7, 11) is 0. The van der Waals surface area contributed by atoms with E-state index >= 15 is 0 Å². The number of benzene rings is 2. The molecule has 0 aliphatic carbocycles. The largest absolute Gasteiger partial charge is 0.416 e. The molecule has 1 atom stereocenters. The Morgan fingerprint density at radius 3 is 2.67 bits per heavy atom. The summed E-state index contributed by atoms with van der Waals surface area (Å²) in [6.45, 7) is 1.97. The molecule has 1 heterocycles. The Morgan fingerprint density at radius 1 is 1.22 bits per heavy atom. The van der Waals surface area contributed by atoms with Gasteiger partial charge in [-0.2, -0.15) is 13.2 Å². The summed E-state index contributed by atoms with van der Waals surface area (Å²) in [5.74, 6) is -1.39. The van der Waals surface area contributed by atoms with Crippen molar-refractivity contribution in [1.82, 2.24) is 0 Å². The zero-order chi connectivity index (χ0) is 19.8. The van der Waals surface area contributed by atoms with E-state index in [4.69, 9.17) is 11.6 Å². The van der Waals surface area contributed by atoms with Gasteiger partial charge in [0.05, 0.1) is 11.5 Å². The summed E-state index contributed by atoms with van der Waals surface area (Å²) in [4.78, 5) is 26.3. The molecule has 1 saturated heterocycles. The molecule has 1 aliphatic rings. The van der Waals surface area contributed by atoms with Gasteiger partial charge in [-0.3, -0.25) is 9.59 Å². The van der Waals surface area contributed by atoms with Crippen LogP contribution in [0.3, 0.4) is 0 Å². The molecule has 2 aromatic carbocycles. The molecule has 0 saturated carbocycles. The predicted octanol–water partition coefficient (Wildman–Crippen LogP) is 4.66. The van der Waals surface area contributed by atoms with Crippen molar-refractivity contribution in [2.45, 2.75) is 19.5 Å². The van der Waals surface area contributed by atoms with Crippen LogP contribution in [0, 0.1) is 12.8 Å². The molecule has 1 fully saturated rings. The average Bonchev–Trinajstić information content (AvgIpc) is 2.98. The third kappa shape index (κ3) is 4.24. The van der Waals surface area contributed by atoms with Gasteiger partial charge in [-0.1, -0.05) is 23.7 Å². The third-order valence-electron chi connectivity index (χ3n) is 4.42. The topological polar surface area (TPSA) is 49.4 Å². The second-order valence-corrected chi connectivity index (χ2v) is 6.84. The lowest BCUT2D eigenvalue weighted by atomic mass is 10.1. The molecule has 1 N–H and O–H groups in total. The van der Waals surface area contributed by atoms with Gasteiger partial charge >= 0.3 is 6.18 Å². The van der Waals surface area contributed by atoms with Gasteiger partial charge in [0.25, 0.3) is 0 Å². The summed E-state index contributed by atoms with van der Waals surface area (Å²) in [6.07, 6.45) is -4.51. The molecule has 27 heavy (non-hydrogen) atoms. The van der Waals surface area contributed by atoms with Gasteiger partial charge in [-0.05, 0) is 42.8 Å². The quantitative estimate of drug-likeness (QED) is 0.820. The van der Waals surface area contributed by atoms with Crippen LogP contribution >= 0.6 is 11.6 Å². The van der Waals surface area contributed by atoms with Crippen molar-refractivity contribution < 1.29 is 22.8 Å². The van der Waals surface area contributed by atoms with Gasteiger partial charge in [0, 0.05) is 29.4 Å². The van der Waals surface area contributed by atoms with E-state index < -0.39 is 23.6 Å².